The number of piperidine rings is 1. The first-order valence-corrected chi connectivity index (χ1v) is 12.8. The number of nitrogens with one attached hydrogen (secondary N) is 1. The molecule has 4 rings (SSSR count). The number of sulfone groups is 1. The molecule has 8 nitrogen and oxygen atoms in total. The van der Waals surface area contributed by atoms with Gasteiger partial charge in [0, 0.05) is 31.6 Å². The smallest absolute Gasteiger partial charge is 0.392 e. The van der Waals surface area contributed by atoms with E-state index in [1.165, 1.54) is 43.3 Å². The van der Waals surface area contributed by atoms with E-state index in [1.807, 2.05) is 4.90 Å². The van der Waals surface area contributed by atoms with Gasteiger partial charge >= 0.3 is 6.18 Å². The summed E-state index contributed by atoms with van der Waals surface area (Å²) < 4.78 is 66.2. The lowest BCUT2D eigenvalue weighted by Gasteiger charge is -2.35. The number of benzene rings is 1. The Labute approximate surface area is 195 Å². The number of halogens is 3. The van der Waals surface area contributed by atoms with Crippen LogP contribution in [0.4, 0.5) is 24.8 Å². The number of ether oxygens (including phenoxy) is 1. The number of anilines is 2. The van der Waals surface area contributed by atoms with Crippen LogP contribution in [0.1, 0.15) is 42.5 Å². The van der Waals surface area contributed by atoms with E-state index in [0.717, 1.165) is 19.1 Å². The summed E-state index contributed by atoms with van der Waals surface area (Å²) in [5.41, 5.74) is 1.16. The number of aromatic nitrogens is 2. The molecule has 0 radical (unpaired) electrons. The van der Waals surface area contributed by atoms with Crippen LogP contribution in [0.15, 0.2) is 35.4 Å². The molecule has 1 amide bonds. The minimum absolute atomic E-state index is 0.104. The molecular weight excluding hydrogens is 473 g/mol. The van der Waals surface area contributed by atoms with E-state index in [4.69, 9.17) is 4.74 Å². The molecule has 1 N–H and O–H groups in total. The summed E-state index contributed by atoms with van der Waals surface area (Å²) in [5.74, 6) is -0.801. The van der Waals surface area contributed by atoms with Crippen molar-refractivity contribution in [3.8, 4) is 5.88 Å². The van der Waals surface area contributed by atoms with E-state index in [9.17, 15) is 26.4 Å². The normalized spacial score (nSPS) is 17.5. The van der Waals surface area contributed by atoms with Crippen molar-refractivity contribution in [1.82, 2.24) is 9.97 Å². The molecule has 2 aliphatic rings. The average Bonchev–Trinajstić information content (AvgIpc) is 3.51. The van der Waals surface area contributed by atoms with E-state index in [2.05, 4.69) is 15.3 Å². The highest BCUT2D eigenvalue weighted by Gasteiger charge is 2.44. The SMILES string of the molecule is CS(=O)(=O)c1ccc(C(=O)Nc2nccc(OCCC(F)(F)F)n2)c(N2CCC3(CC2)CC3)c1. The molecule has 2 aromatic rings. The van der Waals surface area contributed by atoms with Gasteiger partial charge in [-0.2, -0.15) is 18.2 Å². The second kappa shape index (κ2) is 9.05. The summed E-state index contributed by atoms with van der Waals surface area (Å²) in [5, 5.41) is 2.53. The van der Waals surface area contributed by atoms with E-state index in [0.29, 0.717) is 24.2 Å². The fourth-order valence-corrected chi connectivity index (χ4v) is 4.66. The van der Waals surface area contributed by atoms with Crippen molar-refractivity contribution < 1.29 is 31.1 Å². The number of carbonyl (C=O) groups is 1. The van der Waals surface area contributed by atoms with Gasteiger partial charge in [0.05, 0.1) is 29.2 Å². The van der Waals surface area contributed by atoms with E-state index < -0.39 is 34.9 Å². The third kappa shape index (κ3) is 5.96. The Bertz CT molecular complexity index is 1170. The molecule has 0 atom stereocenters. The van der Waals surface area contributed by atoms with Crippen molar-refractivity contribution >= 4 is 27.4 Å². The zero-order valence-electron chi connectivity index (χ0n) is 18.6. The minimum Gasteiger partial charge on any atom is -0.477 e. The molecule has 1 saturated carbocycles. The van der Waals surface area contributed by atoms with E-state index in [-0.39, 0.29) is 22.3 Å². The molecule has 12 heteroatoms. The maximum Gasteiger partial charge on any atom is 0.392 e. The van der Waals surface area contributed by atoms with E-state index >= 15 is 0 Å². The number of alkyl halides is 3. The van der Waals surface area contributed by atoms with Crippen LogP contribution in [0.25, 0.3) is 0 Å². The van der Waals surface area contributed by atoms with Crippen molar-refractivity contribution in [1.29, 1.82) is 0 Å². The zero-order chi connectivity index (χ0) is 24.6. The third-order valence-corrected chi connectivity index (χ3v) is 7.36. The second-order valence-corrected chi connectivity index (χ2v) is 10.8. The van der Waals surface area contributed by atoms with Gasteiger partial charge in [-0.3, -0.25) is 10.1 Å². The van der Waals surface area contributed by atoms with Gasteiger partial charge in [0.15, 0.2) is 9.84 Å². The number of hydrogen-bond donors (Lipinski definition) is 1. The third-order valence-electron chi connectivity index (χ3n) is 6.25. The molecule has 1 aromatic heterocycles. The second-order valence-electron chi connectivity index (χ2n) is 8.82. The number of rotatable bonds is 7. The molecule has 1 spiro atoms. The Balaban J connectivity index is 1.53. The summed E-state index contributed by atoms with van der Waals surface area (Å²) in [7, 11) is -3.48. The number of amides is 1. The first kappa shape index (κ1) is 24.2. The summed E-state index contributed by atoms with van der Waals surface area (Å²) >= 11 is 0. The fraction of sp³-hybridized carbons (Fsp3) is 0.500. The van der Waals surface area contributed by atoms with Crippen molar-refractivity contribution in [2.75, 3.05) is 36.2 Å². The van der Waals surface area contributed by atoms with Crippen LogP contribution >= 0.6 is 0 Å². The van der Waals surface area contributed by atoms with Gasteiger partial charge in [-0.05, 0) is 49.3 Å². The number of carbonyl (C=O) groups excluding carboxylic acids is 1. The first-order valence-electron chi connectivity index (χ1n) is 10.9. The van der Waals surface area contributed by atoms with Crippen molar-refractivity contribution in [2.45, 2.75) is 43.2 Å². The molecule has 184 valence electrons. The Morgan fingerprint density at radius 3 is 2.50 bits per heavy atom. The highest BCUT2D eigenvalue weighted by Crippen LogP contribution is 2.54. The molecule has 2 heterocycles. The number of hydrogen-bond acceptors (Lipinski definition) is 7. The van der Waals surface area contributed by atoms with Crippen LogP contribution in [0.2, 0.25) is 0 Å². The standard InChI is InChI=1S/C22H25F3N4O4S/c1-34(31,32)15-2-3-16(17(14-15)29-11-7-21(5-6-21)8-12-29)19(30)28-20-26-10-4-18(27-20)33-13-9-22(23,24)25/h2-4,10,14H,5-9,11-13H2,1H3,(H,26,27,28,30). The topological polar surface area (TPSA) is 101 Å². The van der Waals surface area contributed by atoms with Gasteiger partial charge < -0.3 is 9.64 Å². The summed E-state index contributed by atoms with van der Waals surface area (Å²) in [6, 6.07) is 5.62. The van der Waals surface area contributed by atoms with Gasteiger partial charge in [0.1, 0.15) is 0 Å². The quantitative estimate of drug-likeness (QED) is 0.619. The molecular formula is C22H25F3N4O4S. The Morgan fingerprint density at radius 1 is 1.18 bits per heavy atom. The average molecular weight is 499 g/mol. The largest absolute Gasteiger partial charge is 0.477 e. The van der Waals surface area contributed by atoms with E-state index in [1.54, 1.807) is 0 Å². The lowest BCUT2D eigenvalue weighted by atomic mass is 9.93. The monoisotopic (exact) mass is 498 g/mol. The van der Waals surface area contributed by atoms with Crippen molar-refractivity contribution in [2.24, 2.45) is 5.41 Å². The van der Waals surface area contributed by atoms with Crippen LogP contribution in [0, 0.1) is 5.41 Å². The van der Waals surface area contributed by atoms with Crippen LogP contribution in [0.5, 0.6) is 5.88 Å². The van der Waals surface area contributed by atoms with Gasteiger partial charge in [0.25, 0.3) is 5.91 Å². The zero-order valence-corrected chi connectivity index (χ0v) is 19.4. The summed E-state index contributed by atoms with van der Waals surface area (Å²) in [6.45, 7) is 0.820. The van der Waals surface area contributed by atoms with Gasteiger partial charge in [-0.25, -0.2) is 13.4 Å². The Kier molecular flexibility index (Phi) is 6.45. The predicted octanol–water partition coefficient (Wildman–Crippen LogP) is 3.84. The maximum atomic E-state index is 13.1. The van der Waals surface area contributed by atoms with Crippen LogP contribution in [-0.4, -0.2) is 56.4 Å². The van der Waals surface area contributed by atoms with Crippen LogP contribution in [-0.2, 0) is 9.84 Å². The molecule has 1 aromatic carbocycles. The number of nitrogens with zero attached hydrogens (tertiary/aromatic N) is 3. The summed E-state index contributed by atoms with van der Waals surface area (Å²) in [4.78, 5) is 23.1. The highest BCUT2D eigenvalue weighted by atomic mass is 32.2. The summed E-state index contributed by atoms with van der Waals surface area (Å²) in [6.07, 6.45) is 1.26. The molecule has 1 aliphatic heterocycles. The maximum absolute atomic E-state index is 13.1. The molecule has 0 bridgehead atoms. The van der Waals surface area contributed by atoms with Gasteiger partial charge in [-0.15, -0.1) is 0 Å². The fourth-order valence-electron chi connectivity index (χ4n) is 4.02. The minimum atomic E-state index is -4.35. The van der Waals surface area contributed by atoms with Crippen molar-refractivity contribution in [3.05, 3.63) is 36.0 Å². The van der Waals surface area contributed by atoms with Crippen LogP contribution in [0.3, 0.4) is 0 Å². The van der Waals surface area contributed by atoms with Crippen LogP contribution < -0.4 is 15.0 Å². The first-order chi connectivity index (χ1) is 15.9. The van der Waals surface area contributed by atoms with Crippen molar-refractivity contribution in [3.63, 3.8) is 0 Å². The molecule has 0 unspecified atom stereocenters. The Hall–Kier alpha value is -2.89. The van der Waals surface area contributed by atoms with Gasteiger partial charge in [0.2, 0.25) is 11.8 Å². The molecule has 1 aliphatic carbocycles. The lowest BCUT2D eigenvalue weighted by molar-refractivity contribution is -0.139. The Morgan fingerprint density at radius 2 is 1.88 bits per heavy atom. The lowest BCUT2D eigenvalue weighted by Crippen LogP contribution is -2.36. The van der Waals surface area contributed by atoms with Gasteiger partial charge in [-0.1, -0.05) is 0 Å². The predicted molar refractivity (Wildman–Crippen MR) is 119 cm³/mol. The molecule has 1 saturated heterocycles. The molecule has 2 fully saturated rings. The molecule has 34 heavy (non-hydrogen) atoms. The highest BCUT2D eigenvalue weighted by molar-refractivity contribution is 7.90.